The van der Waals surface area contributed by atoms with E-state index in [-0.39, 0.29) is 41.5 Å². The van der Waals surface area contributed by atoms with Gasteiger partial charge in [0.05, 0.1) is 23.5 Å². The Bertz CT molecular complexity index is 811. The number of aromatic amines is 1. The molecule has 0 aliphatic carbocycles. The molecule has 0 saturated heterocycles. The van der Waals surface area contributed by atoms with Gasteiger partial charge in [0.15, 0.2) is 0 Å². The molecule has 1 heterocycles. The Morgan fingerprint density at radius 3 is 2.63 bits per heavy atom. The number of alkyl halides is 3. The first-order valence-electron chi connectivity index (χ1n) is 7.75. The number of aromatic nitrogens is 3. The molecule has 0 bridgehead atoms. The van der Waals surface area contributed by atoms with Crippen molar-refractivity contribution in [2.75, 3.05) is 29.9 Å². The van der Waals surface area contributed by atoms with Crippen molar-refractivity contribution >= 4 is 35.2 Å². The number of hydrogen-bond acceptors (Lipinski definition) is 6. The van der Waals surface area contributed by atoms with Crippen LogP contribution in [0.4, 0.5) is 24.8 Å². The van der Waals surface area contributed by atoms with Gasteiger partial charge in [0, 0.05) is 6.54 Å². The van der Waals surface area contributed by atoms with Crippen LogP contribution in [0.2, 0.25) is 0 Å². The number of para-hydroxylation sites is 1. The second-order valence-electron chi connectivity index (χ2n) is 5.29. The van der Waals surface area contributed by atoms with Crippen LogP contribution in [-0.2, 0) is 15.8 Å². The zero-order valence-corrected chi connectivity index (χ0v) is 15.0. The van der Waals surface area contributed by atoms with Gasteiger partial charge in [-0.25, -0.2) is 5.10 Å². The number of carbonyl (C=O) groups is 2. The summed E-state index contributed by atoms with van der Waals surface area (Å²) >= 11 is 1.02. The predicted molar refractivity (Wildman–Crippen MR) is 93.8 cm³/mol. The van der Waals surface area contributed by atoms with Crippen LogP contribution in [0.15, 0.2) is 29.4 Å². The molecule has 0 aliphatic rings. The van der Waals surface area contributed by atoms with E-state index in [9.17, 15) is 22.8 Å². The first-order chi connectivity index (χ1) is 12.7. The minimum absolute atomic E-state index is 0.0441. The SMILES string of the molecule is CCN(CC(=O)Nc1ccccc1C(F)(F)F)C(=O)CSc1n[nH]c(N)n1. The highest BCUT2D eigenvalue weighted by atomic mass is 32.2. The van der Waals surface area contributed by atoms with E-state index < -0.39 is 17.6 Å². The van der Waals surface area contributed by atoms with E-state index >= 15 is 0 Å². The van der Waals surface area contributed by atoms with Crippen LogP contribution in [-0.4, -0.2) is 50.7 Å². The molecule has 1 aromatic carbocycles. The average molecular weight is 402 g/mol. The molecule has 0 spiro atoms. The third-order valence-electron chi connectivity index (χ3n) is 3.38. The maximum Gasteiger partial charge on any atom is 0.418 e. The van der Waals surface area contributed by atoms with Crippen molar-refractivity contribution in [1.29, 1.82) is 0 Å². The molecule has 0 aliphatic heterocycles. The van der Waals surface area contributed by atoms with Crippen LogP contribution in [0.3, 0.4) is 0 Å². The number of nitrogen functional groups attached to an aromatic ring is 1. The Morgan fingerprint density at radius 2 is 2.04 bits per heavy atom. The topological polar surface area (TPSA) is 117 Å². The van der Waals surface area contributed by atoms with Crippen LogP contribution >= 0.6 is 11.8 Å². The summed E-state index contributed by atoms with van der Waals surface area (Å²) in [5.74, 6) is -1.04. The van der Waals surface area contributed by atoms with E-state index in [1.165, 1.54) is 17.0 Å². The van der Waals surface area contributed by atoms with E-state index in [0.717, 1.165) is 23.9 Å². The van der Waals surface area contributed by atoms with Gasteiger partial charge in [0.1, 0.15) is 0 Å². The minimum atomic E-state index is -4.60. The van der Waals surface area contributed by atoms with Crippen molar-refractivity contribution in [3.05, 3.63) is 29.8 Å². The fraction of sp³-hybridized carbons (Fsp3) is 0.333. The Kier molecular flexibility index (Phi) is 6.66. The number of benzene rings is 1. The Hall–Kier alpha value is -2.76. The number of thioether (sulfide) groups is 1. The molecule has 2 aromatic rings. The number of nitrogens with zero attached hydrogens (tertiary/aromatic N) is 3. The highest BCUT2D eigenvalue weighted by molar-refractivity contribution is 7.99. The molecular formula is C15H17F3N6O2S. The first-order valence-corrected chi connectivity index (χ1v) is 8.73. The molecule has 146 valence electrons. The van der Waals surface area contributed by atoms with Gasteiger partial charge in [-0.1, -0.05) is 23.9 Å². The number of anilines is 2. The summed E-state index contributed by atoms with van der Waals surface area (Å²) in [5, 5.41) is 8.68. The van der Waals surface area contributed by atoms with Crippen LogP contribution in [0, 0.1) is 0 Å². The van der Waals surface area contributed by atoms with Crippen LogP contribution < -0.4 is 11.1 Å². The third-order valence-corrected chi connectivity index (χ3v) is 4.21. The molecule has 0 unspecified atom stereocenters. The van der Waals surface area contributed by atoms with Gasteiger partial charge in [-0.15, -0.1) is 5.10 Å². The van der Waals surface area contributed by atoms with Gasteiger partial charge in [0.2, 0.25) is 22.9 Å². The fourth-order valence-electron chi connectivity index (χ4n) is 2.12. The molecule has 12 heteroatoms. The number of likely N-dealkylation sites (N-methyl/N-ethyl adjacent to an activating group) is 1. The van der Waals surface area contributed by atoms with Gasteiger partial charge >= 0.3 is 6.18 Å². The number of nitrogens with one attached hydrogen (secondary N) is 2. The van der Waals surface area contributed by atoms with E-state index in [4.69, 9.17) is 5.73 Å². The minimum Gasteiger partial charge on any atom is -0.368 e. The normalized spacial score (nSPS) is 11.3. The summed E-state index contributed by atoms with van der Waals surface area (Å²) in [7, 11) is 0. The zero-order chi connectivity index (χ0) is 20.0. The van der Waals surface area contributed by atoms with Gasteiger partial charge in [0.25, 0.3) is 0 Å². The maximum atomic E-state index is 13.0. The molecule has 0 fully saturated rings. The summed E-state index contributed by atoms with van der Waals surface area (Å²) in [6.07, 6.45) is -4.60. The van der Waals surface area contributed by atoms with Gasteiger partial charge in [-0.3, -0.25) is 9.59 Å². The standard InChI is InChI=1S/C15H17F3N6O2S/c1-2-24(12(26)8-27-14-21-13(19)22-23-14)7-11(25)20-10-6-4-3-5-9(10)15(16,17)18/h3-6H,2,7-8H2,1H3,(H,20,25)(H3,19,21,22,23). The van der Waals surface area contributed by atoms with Crippen molar-refractivity contribution < 1.29 is 22.8 Å². The van der Waals surface area contributed by atoms with Crippen molar-refractivity contribution in [2.45, 2.75) is 18.3 Å². The third kappa shape index (κ3) is 5.88. The summed E-state index contributed by atoms with van der Waals surface area (Å²) < 4.78 is 38.9. The molecule has 1 aromatic heterocycles. The summed E-state index contributed by atoms with van der Waals surface area (Å²) in [5.41, 5.74) is 4.07. The lowest BCUT2D eigenvalue weighted by molar-refractivity contribution is -0.137. The number of rotatable bonds is 7. The molecule has 0 saturated carbocycles. The zero-order valence-electron chi connectivity index (χ0n) is 14.2. The van der Waals surface area contributed by atoms with Crippen molar-refractivity contribution in [3.8, 4) is 0 Å². The predicted octanol–water partition coefficient (Wildman–Crippen LogP) is 1.98. The number of hydrogen-bond donors (Lipinski definition) is 3. The quantitative estimate of drug-likeness (QED) is 0.610. The molecule has 2 rings (SSSR count). The summed E-state index contributed by atoms with van der Waals surface area (Å²) in [6.45, 7) is 1.49. The van der Waals surface area contributed by atoms with Crippen molar-refractivity contribution in [2.24, 2.45) is 0 Å². The largest absolute Gasteiger partial charge is 0.418 e. The number of H-pyrrole nitrogens is 1. The lowest BCUT2D eigenvalue weighted by Gasteiger charge is -2.20. The molecule has 0 radical (unpaired) electrons. The van der Waals surface area contributed by atoms with Gasteiger partial charge < -0.3 is 16.0 Å². The second-order valence-corrected chi connectivity index (χ2v) is 6.23. The lowest BCUT2D eigenvalue weighted by atomic mass is 10.1. The second kappa shape index (κ2) is 8.75. The highest BCUT2D eigenvalue weighted by Gasteiger charge is 2.33. The maximum absolute atomic E-state index is 13.0. The van der Waals surface area contributed by atoms with Crippen molar-refractivity contribution in [3.63, 3.8) is 0 Å². The first kappa shape index (κ1) is 20.6. The monoisotopic (exact) mass is 402 g/mol. The lowest BCUT2D eigenvalue weighted by Crippen LogP contribution is -2.39. The van der Waals surface area contributed by atoms with E-state index in [1.807, 2.05) is 0 Å². The van der Waals surface area contributed by atoms with E-state index in [2.05, 4.69) is 20.5 Å². The number of nitrogens with two attached hydrogens (primary N) is 1. The van der Waals surface area contributed by atoms with Crippen LogP contribution in [0.5, 0.6) is 0 Å². The molecular weight excluding hydrogens is 385 g/mol. The van der Waals surface area contributed by atoms with Gasteiger partial charge in [-0.2, -0.15) is 18.2 Å². The van der Waals surface area contributed by atoms with Crippen LogP contribution in [0.25, 0.3) is 0 Å². The molecule has 27 heavy (non-hydrogen) atoms. The number of amides is 2. The smallest absolute Gasteiger partial charge is 0.368 e. The summed E-state index contributed by atoms with van der Waals surface area (Å²) in [4.78, 5) is 29.4. The molecule has 4 N–H and O–H groups in total. The van der Waals surface area contributed by atoms with Crippen LogP contribution in [0.1, 0.15) is 12.5 Å². The Balaban J connectivity index is 1.95. The molecule has 8 nitrogen and oxygen atoms in total. The Morgan fingerprint density at radius 1 is 1.33 bits per heavy atom. The van der Waals surface area contributed by atoms with E-state index in [0.29, 0.717) is 0 Å². The highest BCUT2D eigenvalue weighted by Crippen LogP contribution is 2.34. The summed E-state index contributed by atoms with van der Waals surface area (Å²) in [6, 6.07) is 4.64. The fourth-order valence-corrected chi connectivity index (χ4v) is 2.83. The van der Waals surface area contributed by atoms with Gasteiger partial charge in [-0.05, 0) is 19.1 Å². The number of carbonyl (C=O) groups excluding carboxylic acids is 2. The van der Waals surface area contributed by atoms with Crippen molar-refractivity contribution in [1.82, 2.24) is 20.1 Å². The number of halogens is 3. The average Bonchev–Trinajstić information content (AvgIpc) is 3.02. The molecule has 2 amide bonds. The molecule has 0 atom stereocenters. The Labute approximate surface area is 156 Å². The van der Waals surface area contributed by atoms with E-state index in [1.54, 1.807) is 6.92 Å².